The van der Waals surface area contributed by atoms with Crippen LogP contribution in [-0.2, 0) is 13.1 Å². The van der Waals surface area contributed by atoms with E-state index in [4.69, 9.17) is 4.52 Å². The van der Waals surface area contributed by atoms with Gasteiger partial charge in [0.1, 0.15) is 6.54 Å². The van der Waals surface area contributed by atoms with Crippen LogP contribution in [0, 0.1) is 0 Å². The molecule has 0 aromatic carbocycles. The number of rotatable bonds is 7. The molecule has 0 aliphatic rings. The third kappa shape index (κ3) is 3.85. The van der Waals surface area contributed by atoms with E-state index in [9.17, 15) is 0 Å². The molecule has 0 amide bonds. The van der Waals surface area contributed by atoms with E-state index < -0.39 is 0 Å². The largest absolute Gasteiger partial charge is 0.339 e. The van der Waals surface area contributed by atoms with Gasteiger partial charge in [0.15, 0.2) is 5.82 Å². The Kier molecular flexibility index (Phi) is 4.62. The molecule has 0 fully saturated rings. The summed E-state index contributed by atoms with van der Waals surface area (Å²) in [6, 6.07) is 0. The van der Waals surface area contributed by atoms with Crippen molar-refractivity contribution in [2.45, 2.75) is 46.2 Å². The number of hydrogen-bond donors (Lipinski definition) is 1. The van der Waals surface area contributed by atoms with Gasteiger partial charge in [0.25, 0.3) is 0 Å². The molecule has 2 aromatic heterocycles. The van der Waals surface area contributed by atoms with Crippen LogP contribution in [0.3, 0.4) is 0 Å². The molecule has 2 rings (SSSR count). The van der Waals surface area contributed by atoms with Crippen molar-refractivity contribution in [2.75, 3.05) is 6.54 Å². The molecule has 7 nitrogen and oxygen atoms in total. The summed E-state index contributed by atoms with van der Waals surface area (Å²) in [5.41, 5.74) is 0.918. The Morgan fingerprint density at radius 1 is 1.42 bits per heavy atom. The van der Waals surface area contributed by atoms with E-state index in [1.807, 2.05) is 20.0 Å². The molecule has 19 heavy (non-hydrogen) atoms. The number of hydrogen-bond acceptors (Lipinski definition) is 6. The van der Waals surface area contributed by atoms with Crippen molar-refractivity contribution >= 4 is 0 Å². The summed E-state index contributed by atoms with van der Waals surface area (Å²) in [6.07, 6.45) is 3.00. The zero-order valence-corrected chi connectivity index (χ0v) is 11.6. The van der Waals surface area contributed by atoms with E-state index in [0.717, 1.165) is 25.2 Å². The second-order valence-corrected chi connectivity index (χ2v) is 4.79. The molecule has 0 saturated heterocycles. The number of nitrogens with one attached hydrogen (secondary N) is 1. The second-order valence-electron chi connectivity index (χ2n) is 4.79. The smallest absolute Gasteiger partial charge is 0.229 e. The lowest BCUT2D eigenvalue weighted by molar-refractivity contribution is 0.359. The standard InChI is InChI=1S/C12H20N6O/c1-4-5-13-6-10-7-18(17-15-10)8-11-14-12(9(2)3)19-16-11/h7,9,13H,4-6,8H2,1-3H3. The second kappa shape index (κ2) is 6.42. The molecular formula is C12H20N6O. The first-order valence-electron chi connectivity index (χ1n) is 6.61. The van der Waals surface area contributed by atoms with Gasteiger partial charge in [0, 0.05) is 12.5 Å². The lowest BCUT2D eigenvalue weighted by Crippen LogP contribution is -2.13. The fourth-order valence-corrected chi connectivity index (χ4v) is 1.60. The number of nitrogens with zero attached hydrogens (tertiary/aromatic N) is 5. The fourth-order valence-electron chi connectivity index (χ4n) is 1.60. The van der Waals surface area contributed by atoms with E-state index in [-0.39, 0.29) is 5.92 Å². The Balaban J connectivity index is 1.91. The highest BCUT2D eigenvalue weighted by molar-refractivity contribution is 4.95. The monoisotopic (exact) mass is 264 g/mol. The van der Waals surface area contributed by atoms with Crippen molar-refractivity contribution in [3.05, 3.63) is 23.6 Å². The van der Waals surface area contributed by atoms with E-state index in [1.54, 1.807) is 4.68 Å². The SMILES string of the molecule is CCCNCc1cn(Cc2noc(C(C)C)n2)nn1. The first kappa shape index (κ1) is 13.7. The Labute approximate surface area is 112 Å². The fraction of sp³-hybridized carbons (Fsp3) is 0.667. The minimum Gasteiger partial charge on any atom is -0.339 e. The lowest BCUT2D eigenvalue weighted by Gasteiger charge is -1.97. The van der Waals surface area contributed by atoms with Crippen LogP contribution >= 0.6 is 0 Å². The molecule has 1 N–H and O–H groups in total. The van der Waals surface area contributed by atoms with Crippen molar-refractivity contribution < 1.29 is 4.52 Å². The highest BCUT2D eigenvalue weighted by Crippen LogP contribution is 2.11. The average molecular weight is 264 g/mol. The van der Waals surface area contributed by atoms with Crippen molar-refractivity contribution in [1.29, 1.82) is 0 Å². The van der Waals surface area contributed by atoms with Gasteiger partial charge in [-0.15, -0.1) is 5.10 Å². The summed E-state index contributed by atoms with van der Waals surface area (Å²) < 4.78 is 6.87. The predicted molar refractivity (Wildman–Crippen MR) is 69.5 cm³/mol. The quantitative estimate of drug-likeness (QED) is 0.760. The van der Waals surface area contributed by atoms with Crippen molar-refractivity contribution in [3.63, 3.8) is 0 Å². The predicted octanol–water partition coefficient (Wildman–Crippen LogP) is 1.33. The third-order valence-corrected chi connectivity index (χ3v) is 2.60. The highest BCUT2D eigenvalue weighted by atomic mass is 16.5. The van der Waals surface area contributed by atoms with E-state index in [0.29, 0.717) is 18.3 Å². The average Bonchev–Trinajstić information content (AvgIpc) is 3.00. The molecule has 0 atom stereocenters. The molecule has 0 aliphatic heterocycles. The molecule has 7 heteroatoms. The van der Waals surface area contributed by atoms with E-state index >= 15 is 0 Å². The van der Waals surface area contributed by atoms with Crippen LogP contribution in [0.1, 0.15) is 50.5 Å². The van der Waals surface area contributed by atoms with Gasteiger partial charge in [-0.1, -0.05) is 31.1 Å². The summed E-state index contributed by atoms with van der Waals surface area (Å²) in [7, 11) is 0. The molecular weight excluding hydrogens is 244 g/mol. The number of aromatic nitrogens is 5. The Morgan fingerprint density at radius 2 is 2.26 bits per heavy atom. The van der Waals surface area contributed by atoms with Crippen molar-refractivity contribution in [3.8, 4) is 0 Å². The summed E-state index contributed by atoms with van der Waals surface area (Å²) in [5, 5.41) is 15.3. The zero-order chi connectivity index (χ0) is 13.7. The summed E-state index contributed by atoms with van der Waals surface area (Å²) in [4.78, 5) is 4.31. The maximum Gasteiger partial charge on any atom is 0.229 e. The molecule has 0 bridgehead atoms. The molecule has 0 unspecified atom stereocenters. The lowest BCUT2D eigenvalue weighted by atomic mass is 10.2. The molecule has 0 aliphatic carbocycles. The van der Waals surface area contributed by atoms with Crippen LogP contribution in [-0.4, -0.2) is 31.7 Å². The molecule has 2 heterocycles. The maximum atomic E-state index is 5.15. The minimum atomic E-state index is 0.241. The van der Waals surface area contributed by atoms with Crippen LogP contribution < -0.4 is 5.32 Å². The molecule has 104 valence electrons. The van der Waals surface area contributed by atoms with E-state index in [1.165, 1.54) is 0 Å². The highest BCUT2D eigenvalue weighted by Gasteiger charge is 2.11. The topological polar surface area (TPSA) is 81.7 Å². The van der Waals surface area contributed by atoms with Crippen LogP contribution in [0.5, 0.6) is 0 Å². The summed E-state index contributed by atoms with van der Waals surface area (Å²) in [6.45, 7) is 8.37. The maximum absolute atomic E-state index is 5.15. The summed E-state index contributed by atoms with van der Waals surface area (Å²) in [5.74, 6) is 1.52. The Bertz CT molecular complexity index is 504. The van der Waals surface area contributed by atoms with Crippen molar-refractivity contribution in [2.24, 2.45) is 0 Å². The van der Waals surface area contributed by atoms with Crippen LogP contribution in [0.4, 0.5) is 0 Å². The van der Waals surface area contributed by atoms with Gasteiger partial charge in [0.2, 0.25) is 5.89 Å². The molecule has 0 spiro atoms. The van der Waals surface area contributed by atoms with Gasteiger partial charge < -0.3 is 9.84 Å². The summed E-state index contributed by atoms with van der Waals surface area (Å²) >= 11 is 0. The third-order valence-electron chi connectivity index (χ3n) is 2.60. The van der Waals surface area contributed by atoms with Gasteiger partial charge in [-0.05, 0) is 13.0 Å². The van der Waals surface area contributed by atoms with Gasteiger partial charge in [-0.2, -0.15) is 4.98 Å². The first-order valence-corrected chi connectivity index (χ1v) is 6.61. The molecule has 0 saturated carbocycles. The van der Waals surface area contributed by atoms with Crippen molar-refractivity contribution in [1.82, 2.24) is 30.5 Å². The van der Waals surface area contributed by atoms with Crippen LogP contribution in [0.25, 0.3) is 0 Å². The zero-order valence-electron chi connectivity index (χ0n) is 11.6. The minimum absolute atomic E-state index is 0.241. The molecule has 0 radical (unpaired) electrons. The van der Waals surface area contributed by atoms with Crippen LogP contribution in [0.15, 0.2) is 10.7 Å². The van der Waals surface area contributed by atoms with Gasteiger partial charge in [-0.25, -0.2) is 4.68 Å². The Hall–Kier alpha value is -1.76. The normalized spacial score (nSPS) is 11.4. The van der Waals surface area contributed by atoms with Gasteiger partial charge in [0.05, 0.1) is 11.9 Å². The Morgan fingerprint density at radius 3 is 2.95 bits per heavy atom. The van der Waals surface area contributed by atoms with E-state index in [2.05, 4.69) is 32.7 Å². The molecule has 2 aromatic rings. The van der Waals surface area contributed by atoms with Gasteiger partial charge >= 0.3 is 0 Å². The first-order chi connectivity index (χ1) is 9.19. The van der Waals surface area contributed by atoms with Crippen LogP contribution in [0.2, 0.25) is 0 Å². The van der Waals surface area contributed by atoms with Gasteiger partial charge in [-0.3, -0.25) is 0 Å².